The number of rotatable bonds is 9. The molecule has 0 heterocycles. The second-order valence-electron chi connectivity index (χ2n) is 5.50. The first-order valence-electron chi connectivity index (χ1n) is 9.63. The average molecular weight is 338 g/mol. The Hall–Kier alpha value is -1.15. The minimum absolute atomic E-state index is 0.112. The maximum absolute atomic E-state index is 11.6. The largest absolute Gasteiger partial charge is 0.303 e. The van der Waals surface area contributed by atoms with Gasteiger partial charge in [-0.25, -0.2) is 0 Å². The van der Waals surface area contributed by atoms with Gasteiger partial charge in [0.1, 0.15) is 0 Å². The van der Waals surface area contributed by atoms with Gasteiger partial charge < -0.3 is 4.90 Å². The Morgan fingerprint density at radius 1 is 1.12 bits per heavy atom. The molecule has 0 aliphatic rings. The van der Waals surface area contributed by atoms with Crippen molar-refractivity contribution in [2.45, 2.75) is 81.2 Å². The van der Waals surface area contributed by atoms with Gasteiger partial charge in [-0.3, -0.25) is 4.79 Å². The Morgan fingerprint density at radius 3 is 1.96 bits per heavy atom. The van der Waals surface area contributed by atoms with Crippen LogP contribution in [0, 0.1) is 5.92 Å². The van der Waals surface area contributed by atoms with Crippen LogP contribution in [0.5, 0.6) is 0 Å². The van der Waals surface area contributed by atoms with Crippen molar-refractivity contribution in [1.82, 2.24) is 4.90 Å². The van der Waals surface area contributed by atoms with Gasteiger partial charge in [0.2, 0.25) is 0 Å². The normalized spacial score (nSPS) is 14.0. The van der Waals surface area contributed by atoms with Gasteiger partial charge in [-0.15, -0.1) is 0 Å². The number of carbonyl (C=O) groups is 1. The molecule has 0 aliphatic heterocycles. The number of nitrogens with zero attached hydrogens (tertiary/aromatic N) is 1. The summed E-state index contributed by atoms with van der Waals surface area (Å²) in [6.07, 6.45) is 7.68. The molecule has 142 valence electrons. The van der Waals surface area contributed by atoms with Crippen molar-refractivity contribution in [2.24, 2.45) is 5.92 Å². The lowest BCUT2D eigenvalue weighted by molar-refractivity contribution is -0.112. The number of allylic oxidation sites excluding steroid dienone is 4. The van der Waals surface area contributed by atoms with E-state index < -0.39 is 0 Å². The summed E-state index contributed by atoms with van der Waals surface area (Å²) in [4.78, 5) is 13.9. The maximum atomic E-state index is 11.6. The van der Waals surface area contributed by atoms with E-state index in [1.165, 1.54) is 5.57 Å². The fourth-order valence-electron chi connectivity index (χ4n) is 2.49. The molecule has 2 unspecified atom stereocenters. The minimum atomic E-state index is 0.112. The van der Waals surface area contributed by atoms with Crippen LogP contribution in [0.4, 0.5) is 0 Å². The molecular formula is C22H43NO. The highest BCUT2D eigenvalue weighted by atomic mass is 16.1. The summed E-state index contributed by atoms with van der Waals surface area (Å²) < 4.78 is 0. The summed E-state index contributed by atoms with van der Waals surface area (Å²) in [6.45, 7) is 23.2. The van der Waals surface area contributed by atoms with E-state index in [2.05, 4.69) is 46.2 Å². The number of ketones is 1. The van der Waals surface area contributed by atoms with Crippen LogP contribution in [0.1, 0.15) is 75.2 Å². The van der Waals surface area contributed by atoms with Gasteiger partial charge in [0, 0.05) is 6.04 Å². The van der Waals surface area contributed by atoms with E-state index in [1.807, 2.05) is 33.8 Å². The van der Waals surface area contributed by atoms with Crippen LogP contribution in [0.3, 0.4) is 0 Å². The van der Waals surface area contributed by atoms with Gasteiger partial charge in [-0.2, -0.15) is 0 Å². The second-order valence-corrected chi connectivity index (χ2v) is 5.50. The van der Waals surface area contributed by atoms with E-state index >= 15 is 0 Å². The van der Waals surface area contributed by atoms with Crippen LogP contribution < -0.4 is 0 Å². The third kappa shape index (κ3) is 11.4. The van der Waals surface area contributed by atoms with Crippen LogP contribution in [0.15, 0.2) is 36.0 Å². The molecule has 0 aromatic rings. The molecule has 0 saturated carbocycles. The second kappa shape index (κ2) is 18.2. The van der Waals surface area contributed by atoms with E-state index in [9.17, 15) is 4.79 Å². The first-order valence-corrected chi connectivity index (χ1v) is 9.63. The zero-order valence-corrected chi connectivity index (χ0v) is 18.1. The van der Waals surface area contributed by atoms with E-state index in [-0.39, 0.29) is 5.78 Å². The Kier molecular flexibility index (Phi) is 21.0. The predicted molar refractivity (Wildman–Crippen MR) is 112 cm³/mol. The molecule has 0 bridgehead atoms. The topological polar surface area (TPSA) is 20.3 Å². The lowest BCUT2D eigenvalue weighted by Crippen LogP contribution is -2.36. The van der Waals surface area contributed by atoms with Gasteiger partial charge in [0.15, 0.2) is 5.78 Å². The zero-order chi connectivity index (χ0) is 19.7. The van der Waals surface area contributed by atoms with Crippen LogP contribution >= 0.6 is 0 Å². The molecular weight excluding hydrogens is 294 g/mol. The molecule has 0 saturated heterocycles. The summed E-state index contributed by atoms with van der Waals surface area (Å²) in [7, 11) is 2.15. The Bertz CT molecular complexity index is 379. The lowest BCUT2D eigenvalue weighted by atomic mass is 9.85. The number of carbonyl (C=O) groups excluding carboxylic acids is 1. The van der Waals surface area contributed by atoms with E-state index in [0.717, 1.165) is 25.0 Å². The standard InChI is InChI=1S/C18H31NO.2C2H6/c1-8-11-17(10-3)18(13-14(4)20)15(5)16(6)19(7)12-9-2;2*1-2/h8,11,13,15-16H,1,9-10,12H2,2-7H3;2*1-2H3/b17-11-,18-13-;;. The van der Waals surface area contributed by atoms with Gasteiger partial charge in [0.05, 0.1) is 0 Å². The molecule has 0 fully saturated rings. The Labute approximate surface area is 152 Å². The van der Waals surface area contributed by atoms with Gasteiger partial charge in [-0.05, 0) is 63.4 Å². The van der Waals surface area contributed by atoms with E-state index in [1.54, 1.807) is 19.1 Å². The third-order valence-electron chi connectivity index (χ3n) is 3.92. The molecule has 0 spiro atoms. The third-order valence-corrected chi connectivity index (χ3v) is 3.92. The fourth-order valence-corrected chi connectivity index (χ4v) is 2.49. The zero-order valence-electron chi connectivity index (χ0n) is 18.1. The SMILES string of the molecule is C=C/C=C(CC)\C(=C/C(C)=O)C(C)C(C)N(C)CCC.CC.CC. The molecule has 24 heavy (non-hydrogen) atoms. The van der Waals surface area contributed by atoms with Crippen molar-refractivity contribution in [3.05, 3.63) is 36.0 Å². The highest BCUT2D eigenvalue weighted by Crippen LogP contribution is 2.27. The monoisotopic (exact) mass is 337 g/mol. The van der Waals surface area contributed by atoms with Crippen molar-refractivity contribution in [2.75, 3.05) is 13.6 Å². The van der Waals surface area contributed by atoms with Gasteiger partial charge in [0.25, 0.3) is 0 Å². The average Bonchev–Trinajstić information content (AvgIpc) is 2.60. The first kappa shape index (κ1) is 27.7. The first-order chi connectivity index (χ1) is 11.4. The van der Waals surface area contributed by atoms with Gasteiger partial charge >= 0.3 is 0 Å². The van der Waals surface area contributed by atoms with Crippen molar-refractivity contribution in [1.29, 1.82) is 0 Å². The quantitative estimate of drug-likeness (QED) is 0.356. The molecule has 0 aromatic carbocycles. The summed E-state index contributed by atoms with van der Waals surface area (Å²) in [5.41, 5.74) is 2.36. The Balaban J connectivity index is -0.00000102. The molecule has 0 aromatic heterocycles. The van der Waals surface area contributed by atoms with Crippen molar-refractivity contribution < 1.29 is 4.79 Å². The van der Waals surface area contributed by atoms with Crippen LogP contribution in [0.2, 0.25) is 0 Å². The summed E-state index contributed by atoms with van der Waals surface area (Å²) in [5.74, 6) is 0.433. The van der Waals surface area contributed by atoms with Crippen LogP contribution in [-0.2, 0) is 4.79 Å². The summed E-state index contributed by atoms with van der Waals surface area (Å²) in [6, 6.07) is 0.403. The van der Waals surface area contributed by atoms with Crippen molar-refractivity contribution in [3.63, 3.8) is 0 Å². The number of hydrogen-bond donors (Lipinski definition) is 0. The molecule has 2 heteroatoms. The number of hydrogen-bond acceptors (Lipinski definition) is 2. The minimum Gasteiger partial charge on any atom is -0.303 e. The van der Waals surface area contributed by atoms with Crippen LogP contribution in [0.25, 0.3) is 0 Å². The summed E-state index contributed by atoms with van der Waals surface area (Å²) >= 11 is 0. The summed E-state index contributed by atoms with van der Waals surface area (Å²) in [5, 5.41) is 0. The molecule has 0 rings (SSSR count). The predicted octanol–water partition coefficient (Wildman–Crippen LogP) is 6.44. The molecule has 0 amide bonds. The van der Waals surface area contributed by atoms with E-state index in [4.69, 9.17) is 0 Å². The van der Waals surface area contributed by atoms with E-state index in [0.29, 0.717) is 12.0 Å². The highest BCUT2D eigenvalue weighted by molar-refractivity contribution is 5.88. The molecule has 0 aliphatic carbocycles. The van der Waals surface area contributed by atoms with Gasteiger partial charge in [-0.1, -0.05) is 67.2 Å². The molecule has 0 radical (unpaired) electrons. The molecule has 0 N–H and O–H groups in total. The molecule has 2 nitrogen and oxygen atoms in total. The fraction of sp³-hybridized carbons (Fsp3) is 0.682. The maximum Gasteiger partial charge on any atom is 0.152 e. The van der Waals surface area contributed by atoms with Crippen molar-refractivity contribution >= 4 is 5.78 Å². The smallest absolute Gasteiger partial charge is 0.152 e. The lowest BCUT2D eigenvalue weighted by Gasteiger charge is -2.32. The molecule has 2 atom stereocenters. The highest BCUT2D eigenvalue weighted by Gasteiger charge is 2.22. The Morgan fingerprint density at radius 2 is 1.62 bits per heavy atom. The van der Waals surface area contributed by atoms with Crippen molar-refractivity contribution in [3.8, 4) is 0 Å². The van der Waals surface area contributed by atoms with Crippen LogP contribution in [-0.4, -0.2) is 30.3 Å².